The van der Waals surface area contributed by atoms with Crippen molar-refractivity contribution in [3.05, 3.63) is 194 Å². The lowest BCUT2D eigenvalue weighted by atomic mass is 9.88. The summed E-state index contributed by atoms with van der Waals surface area (Å²) >= 11 is 0. The summed E-state index contributed by atoms with van der Waals surface area (Å²) in [6, 6.07) is 72.1. The molecule has 0 atom stereocenters. The molecule has 0 bridgehead atoms. The van der Waals surface area contributed by atoms with Gasteiger partial charge in [0.1, 0.15) is 0 Å². The van der Waals surface area contributed by atoms with Gasteiger partial charge in [-0.25, -0.2) is 0 Å². The molecule has 13 rings (SSSR count). The maximum absolute atomic E-state index is 2.47. The number of aromatic nitrogens is 2. The highest BCUT2D eigenvalue weighted by molar-refractivity contribution is 6.33. The highest BCUT2D eigenvalue weighted by Gasteiger charge is 2.18. The quantitative estimate of drug-likeness (QED) is 0.125. The van der Waals surface area contributed by atoms with Crippen LogP contribution in [0.5, 0.6) is 0 Å². The Kier molecular flexibility index (Phi) is 5.92. The number of para-hydroxylation sites is 4. The van der Waals surface area contributed by atoms with Gasteiger partial charge in [0.2, 0.25) is 0 Å². The summed E-state index contributed by atoms with van der Waals surface area (Å²) < 4.78 is 4.85. The van der Waals surface area contributed by atoms with Crippen LogP contribution >= 0.6 is 0 Å². The van der Waals surface area contributed by atoms with Crippen LogP contribution < -0.4 is 0 Å². The van der Waals surface area contributed by atoms with E-state index in [9.17, 15) is 0 Å². The van der Waals surface area contributed by atoms with Crippen molar-refractivity contribution >= 4 is 108 Å². The summed E-state index contributed by atoms with van der Waals surface area (Å²) in [5.41, 5.74) is 7.26. The largest absolute Gasteiger partial charge is 0.309 e. The van der Waals surface area contributed by atoms with Gasteiger partial charge in [0.15, 0.2) is 0 Å². The Labute approximate surface area is 321 Å². The van der Waals surface area contributed by atoms with E-state index < -0.39 is 0 Å². The topological polar surface area (TPSA) is 9.86 Å². The zero-order valence-corrected chi connectivity index (χ0v) is 30.4. The van der Waals surface area contributed by atoms with Crippen LogP contribution in [-0.2, 0) is 0 Å². The molecule has 0 aliphatic rings. The minimum atomic E-state index is 1.18. The van der Waals surface area contributed by atoms with Gasteiger partial charge in [-0.2, -0.15) is 0 Å². The number of hydrogen-bond acceptors (Lipinski definition) is 0. The van der Waals surface area contributed by atoms with E-state index >= 15 is 0 Å². The van der Waals surface area contributed by atoms with E-state index in [-0.39, 0.29) is 0 Å². The molecule has 0 aliphatic carbocycles. The van der Waals surface area contributed by atoms with Gasteiger partial charge in [0, 0.05) is 32.9 Å². The first-order valence-corrected chi connectivity index (χ1v) is 19.4. The highest BCUT2D eigenvalue weighted by atomic mass is 15.0. The number of hydrogen-bond donors (Lipinski definition) is 0. The zero-order chi connectivity index (χ0) is 36.5. The molecule has 2 aromatic heterocycles. The molecule has 11 aromatic carbocycles. The second-order valence-electron chi connectivity index (χ2n) is 15.2. The Bertz CT molecular complexity index is 3460. The predicted octanol–water partition coefficient (Wildman–Crippen LogP) is 14.8. The van der Waals surface area contributed by atoms with Crippen molar-refractivity contribution in [3.8, 4) is 11.4 Å². The molecule has 0 aliphatic heterocycles. The lowest BCUT2D eigenvalue weighted by Crippen LogP contribution is -1.95. The third-order valence-electron chi connectivity index (χ3n) is 12.4. The first-order valence-electron chi connectivity index (χ1n) is 19.4. The van der Waals surface area contributed by atoms with E-state index in [4.69, 9.17) is 0 Å². The van der Waals surface area contributed by atoms with Crippen molar-refractivity contribution in [2.75, 3.05) is 0 Å². The molecule has 0 saturated carbocycles. The predicted molar refractivity (Wildman–Crippen MR) is 240 cm³/mol. The fourth-order valence-corrected chi connectivity index (χ4v) is 10.1. The molecular formula is C54H32N2. The van der Waals surface area contributed by atoms with E-state index in [0.717, 1.165) is 0 Å². The summed E-state index contributed by atoms with van der Waals surface area (Å²) in [7, 11) is 0. The SMILES string of the molecule is c1ccc2c(c1)c1cc(-n3c4ccccc4c4ccccc43)ccc1c1cc3c4ccccc4c4cc(-n5c6ccccc6c6ccccc65)ccc4c3cc21. The van der Waals surface area contributed by atoms with Crippen LogP contribution in [0.1, 0.15) is 0 Å². The first-order chi connectivity index (χ1) is 27.8. The third kappa shape index (κ3) is 3.95. The molecule has 0 spiro atoms. The molecular weight excluding hydrogens is 677 g/mol. The number of fused-ring (bicyclic) bond motifs is 18. The Hall–Kier alpha value is -7.42. The van der Waals surface area contributed by atoms with E-state index in [1.807, 2.05) is 0 Å². The van der Waals surface area contributed by atoms with E-state index in [1.165, 1.54) is 120 Å². The van der Waals surface area contributed by atoms with Gasteiger partial charge in [-0.05, 0) is 125 Å². The van der Waals surface area contributed by atoms with Gasteiger partial charge in [-0.15, -0.1) is 0 Å². The van der Waals surface area contributed by atoms with E-state index in [2.05, 4.69) is 203 Å². The van der Waals surface area contributed by atoms with Crippen molar-refractivity contribution in [2.24, 2.45) is 0 Å². The Morgan fingerprint density at radius 1 is 0.179 bits per heavy atom. The van der Waals surface area contributed by atoms with Crippen LogP contribution in [0.4, 0.5) is 0 Å². The Morgan fingerprint density at radius 3 is 0.714 bits per heavy atom. The molecule has 56 heavy (non-hydrogen) atoms. The zero-order valence-electron chi connectivity index (χ0n) is 30.4. The van der Waals surface area contributed by atoms with Gasteiger partial charge in [0.25, 0.3) is 0 Å². The monoisotopic (exact) mass is 708 g/mol. The smallest absolute Gasteiger partial charge is 0.0541 e. The highest BCUT2D eigenvalue weighted by Crippen LogP contribution is 2.44. The summed E-state index contributed by atoms with van der Waals surface area (Å²) in [6.45, 7) is 0. The van der Waals surface area contributed by atoms with Gasteiger partial charge >= 0.3 is 0 Å². The van der Waals surface area contributed by atoms with Crippen molar-refractivity contribution in [1.29, 1.82) is 0 Å². The summed E-state index contributed by atoms with van der Waals surface area (Å²) in [5.74, 6) is 0. The normalized spacial score (nSPS) is 12.3. The summed E-state index contributed by atoms with van der Waals surface area (Å²) in [5, 5.41) is 20.4. The molecule has 0 unspecified atom stereocenters. The molecule has 258 valence electrons. The van der Waals surface area contributed by atoms with Gasteiger partial charge in [0.05, 0.1) is 22.1 Å². The molecule has 0 saturated heterocycles. The van der Waals surface area contributed by atoms with Crippen LogP contribution in [-0.4, -0.2) is 9.13 Å². The van der Waals surface area contributed by atoms with Crippen molar-refractivity contribution in [1.82, 2.24) is 9.13 Å². The molecule has 2 nitrogen and oxygen atoms in total. The van der Waals surface area contributed by atoms with Crippen LogP contribution in [0, 0.1) is 0 Å². The lowest BCUT2D eigenvalue weighted by Gasteiger charge is -2.17. The summed E-state index contributed by atoms with van der Waals surface area (Å²) in [4.78, 5) is 0. The second kappa shape index (κ2) is 11.1. The number of benzene rings is 11. The molecule has 2 heteroatoms. The standard InChI is InChI=1S/C54H32N2/c1-3-15-37-35(13-1)45-29-33(55-51-21-9-5-17-41(51)42-18-6-10-22-52(42)55)25-27-39(45)49-32-48-38-16-4-2-14-36(38)46-30-34(26-28-40(46)50(48)31-47(37)49)56-53-23-11-7-19-43(53)44-20-8-12-24-54(44)56/h1-32H. The molecule has 0 fully saturated rings. The molecule has 0 N–H and O–H groups in total. The van der Waals surface area contributed by atoms with Crippen molar-refractivity contribution < 1.29 is 0 Å². The van der Waals surface area contributed by atoms with E-state index in [1.54, 1.807) is 0 Å². The third-order valence-corrected chi connectivity index (χ3v) is 12.4. The fourth-order valence-electron chi connectivity index (χ4n) is 10.1. The Balaban J connectivity index is 1.11. The van der Waals surface area contributed by atoms with E-state index in [0.29, 0.717) is 0 Å². The minimum Gasteiger partial charge on any atom is -0.309 e. The average Bonchev–Trinajstić information content (AvgIpc) is 3.79. The van der Waals surface area contributed by atoms with Crippen molar-refractivity contribution in [2.45, 2.75) is 0 Å². The summed E-state index contributed by atoms with van der Waals surface area (Å²) in [6.07, 6.45) is 0. The van der Waals surface area contributed by atoms with Gasteiger partial charge < -0.3 is 9.13 Å². The molecule has 2 heterocycles. The van der Waals surface area contributed by atoms with Crippen LogP contribution in [0.25, 0.3) is 120 Å². The molecule has 13 aromatic rings. The first kappa shape index (κ1) is 30.0. The van der Waals surface area contributed by atoms with Crippen molar-refractivity contribution in [3.63, 3.8) is 0 Å². The Morgan fingerprint density at radius 2 is 0.411 bits per heavy atom. The lowest BCUT2D eigenvalue weighted by molar-refractivity contribution is 1.19. The van der Waals surface area contributed by atoms with Crippen LogP contribution in [0.2, 0.25) is 0 Å². The molecule has 0 radical (unpaired) electrons. The average molecular weight is 709 g/mol. The molecule has 0 amide bonds. The van der Waals surface area contributed by atoms with Crippen LogP contribution in [0.3, 0.4) is 0 Å². The maximum atomic E-state index is 2.47. The van der Waals surface area contributed by atoms with Gasteiger partial charge in [-0.3, -0.25) is 0 Å². The number of rotatable bonds is 2. The maximum Gasteiger partial charge on any atom is 0.0541 e. The number of nitrogens with zero attached hydrogens (tertiary/aromatic N) is 2. The van der Waals surface area contributed by atoms with Gasteiger partial charge in [-0.1, -0.05) is 133 Å². The van der Waals surface area contributed by atoms with Crippen LogP contribution in [0.15, 0.2) is 194 Å². The minimum absolute atomic E-state index is 1.18. The fraction of sp³-hybridized carbons (Fsp3) is 0. The second-order valence-corrected chi connectivity index (χ2v) is 15.2.